The Morgan fingerprint density at radius 3 is 1.71 bits per heavy atom. The molecule has 1 heteroatoms. The summed E-state index contributed by atoms with van der Waals surface area (Å²) in [5, 5.41) is 0. The van der Waals surface area contributed by atoms with Crippen molar-refractivity contribution in [1.29, 1.82) is 0 Å². The third kappa shape index (κ3) is 4.22. The Hall–Kier alpha value is -0.720. The van der Waals surface area contributed by atoms with Crippen LogP contribution in [0.4, 0.5) is 0 Å². The van der Waals surface area contributed by atoms with Crippen LogP contribution in [-0.4, -0.2) is 19.0 Å². The van der Waals surface area contributed by atoms with Crippen molar-refractivity contribution in [2.24, 2.45) is 17.3 Å². The molecule has 0 heterocycles. The Labute approximate surface area is 109 Å². The Balaban J connectivity index is 5.18. The summed E-state index contributed by atoms with van der Waals surface area (Å²) in [6, 6.07) is 0. The largest absolute Gasteiger partial charge is 0.378 e. The van der Waals surface area contributed by atoms with Crippen LogP contribution in [0.3, 0.4) is 0 Å². The number of hydrogen-bond donors (Lipinski definition) is 0. The predicted molar refractivity (Wildman–Crippen MR) is 79.0 cm³/mol. The smallest absolute Gasteiger partial charge is 0.0349 e. The van der Waals surface area contributed by atoms with Crippen molar-refractivity contribution in [2.75, 3.05) is 14.1 Å². The summed E-state index contributed by atoms with van der Waals surface area (Å²) in [5.74, 6) is 1.23. The molecular formula is C16H31N. The van der Waals surface area contributed by atoms with Gasteiger partial charge in [-0.3, -0.25) is 0 Å². The molecule has 1 unspecified atom stereocenters. The molecule has 100 valence electrons. The number of hydrogen-bond acceptors (Lipinski definition) is 1. The lowest BCUT2D eigenvalue weighted by atomic mass is 9.72. The van der Waals surface area contributed by atoms with Gasteiger partial charge < -0.3 is 4.90 Å². The highest BCUT2D eigenvalue weighted by molar-refractivity contribution is 5.31. The van der Waals surface area contributed by atoms with Crippen molar-refractivity contribution in [3.63, 3.8) is 0 Å². The van der Waals surface area contributed by atoms with Gasteiger partial charge in [0.25, 0.3) is 0 Å². The summed E-state index contributed by atoms with van der Waals surface area (Å²) >= 11 is 0. The zero-order valence-corrected chi connectivity index (χ0v) is 13.3. The Kier molecular flexibility index (Phi) is 6.01. The first kappa shape index (κ1) is 16.3. The van der Waals surface area contributed by atoms with E-state index in [-0.39, 0.29) is 0 Å². The minimum absolute atomic E-state index is 0.346. The van der Waals surface area contributed by atoms with E-state index in [1.807, 2.05) is 0 Å². The van der Waals surface area contributed by atoms with E-state index in [9.17, 15) is 0 Å². The van der Waals surface area contributed by atoms with Gasteiger partial charge in [-0.1, -0.05) is 46.8 Å². The van der Waals surface area contributed by atoms with E-state index in [2.05, 4.69) is 79.6 Å². The molecule has 0 aromatic rings. The van der Waals surface area contributed by atoms with Crippen LogP contribution >= 0.6 is 0 Å². The van der Waals surface area contributed by atoms with Crippen LogP contribution in [0.1, 0.15) is 48.5 Å². The third-order valence-corrected chi connectivity index (χ3v) is 3.97. The average molecular weight is 237 g/mol. The molecule has 0 spiro atoms. The van der Waals surface area contributed by atoms with Gasteiger partial charge in [-0.2, -0.15) is 0 Å². The van der Waals surface area contributed by atoms with Gasteiger partial charge in [0, 0.05) is 19.8 Å². The highest BCUT2D eigenvalue weighted by Crippen LogP contribution is 2.37. The SMILES string of the molecule is C/C=C(\C(=C\C)N(C)C)C(C)[C@@H](C)C(C)(C)C. The fourth-order valence-electron chi connectivity index (χ4n) is 2.35. The zero-order valence-electron chi connectivity index (χ0n) is 13.3. The molecule has 1 nitrogen and oxygen atoms in total. The molecule has 17 heavy (non-hydrogen) atoms. The maximum Gasteiger partial charge on any atom is 0.0349 e. The van der Waals surface area contributed by atoms with E-state index in [1.165, 1.54) is 11.3 Å². The lowest BCUT2D eigenvalue weighted by Gasteiger charge is -2.35. The number of allylic oxidation sites excluding steroid dienone is 3. The van der Waals surface area contributed by atoms with E-state index in [4.69, 9.17) is 0 Å². The lowest BCUT2D eigenvalue weighted by molar-refractivity contribution is 0.206. The second-order valence-electron chi connectivity index (χ2n) is 6.26. The summed E-state index contributed by atoms with van der Waals surface area (Å²) in [7, 11) is 4.24. The summed E-state index contributed by atoms with van der Waals surface area (Å²) in [5.41, 5.74) is 3.15. The molecule has 2 atom stereocenters. The molecule has 0 fully saturated rings. The van der Waals surface area contributed by atoms with E-state index in [0.717, 1.165) is 0 Å². The van der Waals surface area contributed by atoms with Gasteiger partial charge in [-0.15, -0.1) is 0 Å². The van der Waals surface area contributed by atoms with Gasteiger partial charge in [0.1, 0.15) is 0 Å². The molecule has 0 aromatic heterocycles. The first-order valence-electron chi connectivity index (χ1n) is 6.67. The normalized spacial score (nSPS) is 17.9. The third-order valence-electron chi connectivity index (χ3n) is 3.97. The summed E-state index contributed by atoms with van der Waals surface area (Å²) in [4.78, 5) is 2.21. The van der Waals surface area contributed by atoms with Crippen LogP contribution in [0.15, 0.2) is 23.4 Å². The minimum Gasteiger partial charge on any atom is -0.378 e. The predicted octanol–water partition coefficient (Wildman–Crippen LogP) is 4.72. The second-order valence-corrected chi connectivity index (χ2v) is 6.26. The van der Waals surface area contributed by atoms with Gasteiger partial charge >= 0.3 is 0 Å². The zero-order chi connectivity index (χ0) is 13.8. The highest BCUT2D eigenvalue weighted by Gasteiger charge is 2.28. The maximum absolute atomic E-state index is 2.36. The van der Waals surface area contributed by atoms with Gasteiger partial charge in [0.2, 0.25) is 0 Å². The standard InChI is InChI=1S/C16H31N/c1-10-14(15(11-2)17(8)9)12(3)13(4)16(5,6)7/h10-13H,1-9H3/b14-10-,15-11-/t12?,13-/m1/s1. The molecule has 0 saturated heterocycles. The fraction of sp³-hybridized carbons (Fsp3) is 0.750. The molecule has 0 amide bonds. The van der Waals surface area contributed by atoms with Crippen LogP contribution in [-0.2, 0) is 0 Å². The average Bonchev–Trinajstić information content (AvgIpc) is 2.21. The van der Waals surface area contributed by atoms with Crippen LogP contribution in [0.5, 0.6) is 0 Å². The van der Waals surface area contributed by atoms with Crippen LogP contribution in [0, 0.1) is 17.3 Å². The Morgan fingerprint density at radius 1 is 1.00 bits per heavy atom. The van der Waals surface area contributed by atoms with E-state index < -0.39 is 0 Å². The van der Waals surface area contributed by atoms with Gasteiger partial charge in [-0.25, -0.2) is 0 Å². The molecule has 0 rings (SSSR count). The van der Waals surface area contributed by atoms with E-state index >= 15 is 0 Å². The van der Waals surface area contributed by atoms with Crippen molar-refractivity contribution in [2.45, 2.75) is 48.5 Å². The molecule has 0 aliphatic carbocycles. The van der Waals surface area contributed by atoms with Crippen LogP contribution in [0.2, 0.25) is 0 Å². The molecule has 0 radical (unpaired) electrons. The van der Waals surface area contributed by atoms with Gasteiger partial charge in [0.15, 0.2) is 0 Å². The first-order chi connectivity index (χ1) is 7.66. The van der Waals surface area contributed by atoms with E-state index in [1.54, 1.807) is 0 Å². The summed E-state index contributed by atoms with van der Waals surface area (Å²) in [6.07, 6.45) is 4.48. The molecule has 0 saturated carbocycles. The van der Waals surface area contributed by atoms with Crippen molar-refractivity contribution in [1.82, 2.24) is 4.90 Å². The minimum atomic E-state index is 0.346. The monoisotopic (exact) mass is 237 g/mol. The van der Waals surface area contributed by atoms with Crippen molar-refractivity contribution in [3.05, 3.63) is 23.4 Å². The molecular weight excluding hydrogens is 206 g/mol. The topological polar surface area (TPSA) is 3.24 Å². The molecule has 0 aliphatic rings. The van der Waals surface area contributed by atoms with Crippen molar-refractivity contribution >= 4 is 0 Å². The summed E-state index contributed by atoms with van der Waals surface area (Å²) in [6.45, 7) is 15.9. The van der Waals surface area contributed by atoms with Gasteiger partial charge in [-0.05, 0) is 36.7 Å². The van der Waals surface area contributed by atoms with E-state index in [0.29, 0.717) is 17.3 Å². The van der Waals surface area contributed by atoms with Crippen LogP contribution in [0.25, 0.3) is 0 Å². The van der Waals surface area contributed by atoms with Crippen LogP contribution < -0.4 is 0 Å². The fourth-order valence-corrected chi connectivity index (χ4v) is 2.35. The first-order valence-corrected chi connectivity index (χ1v) is 6.67. The highest BCUT2D eigenvalue weighted by atomic mass is 15.1. The van der Waals surface area contributed by atoms with Gasteiger partial charge in [0.05, 0.1) is 0 Å². The Bertz CT molecular complexity index is 289. The number of rotatable bonds is 4. The van der Waals surface area contributed by atoms with Crippen molar-refractivity contribution < 1.29 is 0 Å². The second kappa shape index (κ2) is 6.28. The molecule has 0 bridgehead atoms. The van der Waals surface area contributed by atoms with Crippen molar-refractivity contribution in [3.8, 4) is 0 Å². The number of likely N-dealkylation sites (N-methyl/N-ethyl adjacent to an activating group) is 1. The quantitative estimate of drug-likeness (QED) is 0.640. The Morgan fingerprint density at radius 2 is 1.47 bits per heavy atom. The molecule has 0 aliphatic heterocycles. The number of nitrogens with zero attached hydrogens (tertiary/aromatic N) is 1. The molecule has 0 aromatic carbocycles. The maximum atomic E-state index is 2.36. The lowest BCUT2D eigenvalue weighted by Crippen LogP contribution is -2.27. The molecule has 0 N–H and O–H groups in total. The summed E-state index contributed by atoms with van der Waals surface area (Å²) < 4.78 is 0.